The van der Waals surface area contributed by atoms with Crippen molar-refractivity contribution in [2.75, 3.05) is 19.7 Å². The molecule has 0 spiro atoms. The molecule has 1 saturated carbocycles. The maximum absolute atomic E-state index is 12.6. The molecule has 0 aromatic heterocycles. The molecule has 0 aliphatic heterocycles. The van der Waals surface area contributed by atoms with Gasteiger partial charge in [-0.3, -0.25) is 4.79 Å². The molecule has 19 heavy (non-hydrogen) atoms. The van der Waals surface area contributed by atoms with Crippen LogP contribution < -0.4 is 5.73 Å². The van der Waals surface area contributed by atoms with Gasteiger partial charge in [-0.15, -0.1) is 0 Å². The van der Waals surface area contributed by atoms with Gasteiger partial charge in [0.2, 0.25) is 5.91 Å². The third-order valence-corrected chi connectivity index (χ3v) is 4.03. The van der Waals surface area contributed by atoms with E-state index in [9.17, 15) is 4.79 Å². The largest absolute Gasteiger partial charge is 0.395 e. The van der Waals surface area contributed by atoms with Crippen molar-refractivity contribution in [1.29, 1.82) is 0 Å². The second-order valence-electron chi connectivity index (χ2n) is 5.27. The molecule has 0 heterocycles. The first kappa shape index (κ1) is 14.0. The van der Waals surface area contributed by atoms with Crippen molar-refractivity contribution in [3.05, 3.63) is 35.9 Å². The van der Waals surface area contributed by atoms with Crippen LogP contribution in [0.15, 0.2) is 30.3 Å². The number of nitrogens with zero attached hydrogens (tertiary/aromatic N) is 1. The molecular formula is C15H22N2O2. The smallest absolute Gasteiger partial charge is 0.230 e. The van der Waals surface area contributed by atoms with E-state index < -0.39 is 0 Å². The molecule has 0 unspecified atom stereocenters. The number of carbonyl (C=O) groups is 1. The van der Waals surface area contributed by atoms with Gasteiger partial charge in [-0.1, -0.05) is 36.8 Å². The standard InChI is InChI=1S/C15H22N2O2/c16-12-15(7-4-8-15)14(19)17(9-10-18)11-13-5-2-1-3-6-13/h1-3,5-6,18H,4,7-12,16H2. The Morgan fingerprint density at radius 3 is 2.47 bits per heavy atom. The minimum atomic E-state index is -0.371. The molecule has 1 fully saturated rings. The Bertz CT molecular complexity index is 410. The third-order valence-electron chi connectivity index (χ3n) is 4.03. The van der Waals surface area contributed by atoms with Gasteiger partial charge in [0.1, 0.15) is 0 Å². The maximum Gasteiger partial charge on any atom is 0.230 e. The summed E-state index contributed by atoms with van der Waals surface area (Å²) in [6, 6.07) is 9.86. The molecule has 3 N–H and O–H groups in total. The average molecular weight is 262 g/mol. The number of aliphatic hydroxyl groups excluding tert-OH is 1. The number of benzene rings is 1. The van der Waals surface area contributed by atoms with Crippen molar-refractivity contribution in [2.24, 2.45) is 11.1 Å². The summed E-state index contributed by atoms with van der Waals surface area (Å²) in [6.07, 6.45) is 2.82. The van der Waals surface area contributed by atoms with Gasteiger partial charge in [-0.05, 0) is 18.4 Å². The fourth-order valence-electron chi connectivity index (χ4n) is 2.62. The first-order valence-corrected chi connectivity index (χ1v) is 6.86. The molecule has 0 radical (unpaired) electrons. The summed E-state index contributed by atoms with van der Waals surface area (Å²) >= 11 is 0. The highest BCUT2D eigenvalue weighted by atomic mass is 16.3. The molecule has 1 aromatic carbocycles. The van der Waals surface area contributed by atoms with Crippen molar-refractivity contribution in [3.63, 3.8) is 0 Å². The molecule has 1 aliphatic carbocycles. The topological polar surface area (TPSA) is 66.6 Å². The van der Waals surface area contributed by atoms with Crippen LogP contribution in [0.2, 0.25) is 0 Å². The highest BCUT2D eigenvalue weighted by Gasteiger charge is 2.44. The normalized spacial score (nSPS) is 16.7. The Hall–Kier alpha value is -1.39. The van der Waals surface area contributed by atoms with Crippen LogP contribution in [0.5, 0.6) is 0 Å². The van der Waals surface area contributed by atoms with Crippen molar-refractivity contribution in [2.45, 2.75) is 25.8 Å². The van der Waals surface area contributed by atoms with Gasteiger partial charge in [0.15, 0.2) is 0 Å². The van der Waals surface area contributed by atoms with Crippen LogP contribution >= 0.6 is 0 Å². The van der Waals surface area contributed by atoms with E-state index in [-0.39, 0.29) is 17.9 Å². The van der Waals surface area contributed by atoms with Crippen LogP contribution in [0, 0.1) is 5.41 Å². The SMILES string of the molecule is NCC1(C(=O)N(CCO)Cc2ccccc2)CCC1. The summed E-state index contributed by atoms with van der Waals surface area (Å²) in [7, 11) is 0. The highest BCUT2D eigenvalue weighted by molar-refractivity contribution is 5.84. The third kappa shape index (κ3) is 2.96. The highest BCUT2D eigenvalue weighted by Crippen LogP contribution is 2.41. The number of aliphatic hydroxyl groups is 1. The molecule has 0 bridgehead atoms. The molecule has 4 nitrogen and oxygen atoms in total. The monoisotopic (exact) mass is 262 g/mol. The predicted octanol–water partition coefficient (Wildman–Crippen LogP) is 1.14. The quantitative estimate of drug-likeness (QED) is 0.808. The number of rotatable bonds is 6. The van der Waals surface area contributed by atoms with Crippen molar-refractivity contribution < 1.29 is 9.90 Å². The van der Waals surface area contributed by atoms with E-state index >= 15 is 0 Å². The van der Waals surface area contributed by atoms with Gasteiger partial charge in [0.05, 0.1) is 12.0 Å². The molecule has 4 heteroatoms. The summed E-state index contributed by atoms with van der Waals surface area (Å²) in [5, 5.41) is 9.17. The second kappa shape index (κ2) is 6.17. The Kier molecular flexibility index (Phi) is 4.56. The van der Waals surface area contributed by atoms with Crippen LogP contribution in [0.1, 0.15) is 24.8 Å². The molecule has 1 amide bonds. The zero-order valence-electron chi connectivity index (χ0n) is 11.2. The Balaban J connectivity index is 2.09. The fourth-order valence-corrected chi connectivity index (χ4v) is 2.62. The minimum absolute atomic E-state index is 0.0147. The second-order valence-corrected chi connectivity index (χ2v) is 5.27. The average Bonchev–Trinajstić information content (AvgIpc) is 2.39. The maximum atomic E-state index is 12.6. The van der Waals surface area contributed by atoms with Gasteiger partial charge >= 0.3 is 0 Å². The molecule has 0 atom stereocenters. The van der Waals surface area contributed by atoms with Crippen molar-refractivity contribution >= 4 is 5.91 Å². The van der Waals surface area contributed by atoms with E-state index in [2.05, 4.69) is 0 Å². The summed E-state index contributed by atoms with van der Waals surface area (Å²) in [6.45, 7) is 1.30. The first-order chi connectivity index (χ1) is 9.22. The summed E-state index contributed by atoms with van der Waals surface area (Å²) in [4.78, 5) is 14.3. The molecule has 1 aliphatic rings. The van der Waals surface area contributed by atoms with E-state index in [4.69, 9.17) is 10.8 Å². The summed E-state index contributed by atoms with van der Waals surface area (Å²) < 4.78 is 0. The number of hydrogen-bond acceptors (Lipinski definition) is 3. The lowest BCUT2D eigenvalue weighted by atomic mass is 9.67. The lowest BCUT2D eigenvalue weighted by Gasteiger charge is -2.42. The van der Waals surface area contributed by atoms with Gasteiger partial charge < -0.3 is 15.7 Å². The lowest BCUT2D eigenvalue weighted by molar-refractivity contribution is -0.147. The van der Waals surface area contributed by atoms with Crippen LogP contribution in [0.25, 0.3) is 0 Å². The fraction of sp³-hybridized carbons (Fsp3) is 0.533. The van der Waals surface area contributed by atoms with Crippen LogP contribution in [0.4, 0.5) is 0 Å². The lowest BCUT2D eigenvalue weighted by Crippen LogP contribution is -2.52. The van der Waals surface area contributed by atoms with Crippen LogP contribution in [0.3, 0.4) is 0 Å². The van der Waals surface area contributed by atoms with Gasteiger partial charge in [-0.25, -0.2) is 0 Å². The first-order valence-electron chi connectivity index (χ1n) is 6.86. The Morgan fingerprint density at radius 1 is 1.32 bits per heavy atom. The molecule has 1 aromatic rings. The van der Waals surface area contributed by atoms with E-state index in [1.807, 2.05) is 30.3 Å². The molecular weight excluding hydrogens is 240 g/mol. The summed E-state index contributed by atoms with van der Waals surface area (Å²) in [5.41, 5.74) is 6.50. The van der Waals surface area contributed by atoms with Gasteiger partial charge in [-0.2, -0.15) is 0 Å². The summed E-state index contributed by atoms with van der Waals surface area (Å²) in [5.74, 6) is 0.0964. The van der Waals surface area contributed by atoms with Gasteiger partial charge in [0, 0.05) is 19.6 Å². The Morgan fingerprint density at radius 2 is 2.00 bits per heavy atom. The number of amides is 1. The molecule has 2 rings (SSSR count). The van der Waals surface area contributed by atoms with E-state index in [1.165, 1.54) is 0 Å². The van der Waals surface area contributed by atoms with E-state index in [1.54, 1.807) is 4.90 Å². The predicted molar refractivity (Wildman–Crippen MR) is 74.3 cm³/mol. The van der Waals surface area contributed by atoms with Crippen molar-refractivity contribution in [3.8, 4) is 0 Å². The van der Waals surface area contributed by atoms with Crippen LogP contribution in [-0.4, -0.2) is 35.6 Å². The zero-order valence-corrected chi connectivity index (χ0v) is 11.2. The van der Waals surface area contributed by atoms with Crippen molar-refractivity contribution in [1.82, 2.24) is 4.90 Å². The molecule has 104 valence electrons. The van der Waals surface area contributed by atoms with E-state index in [0.717, 1.165) is 24.8 Å². The number of nitrogens with two attached hydrogens (primary N) is 1. The zero-order chi connectivity index (χ0) is 13.7. The Labute approximate surface area is 114 Å². The number of carbonyl (C=O) groups excluding carboxylic acids is 1. The van der Waals surface area contributed by atoms with Gasteiger partial charge in [0.25, 0.3) is 0 Å². The molecule has 0 saturated heterocycles. The van der Waals surface area contributed by atoms with E-state index in [0.29, 0.717) is 19.6 Å². The number of hydrogen-bond donors (Lipinski definition) is 2. The minimum Gasteiger partial charge on any atom is -0.395 e. The van der Waals surface area contributed by atoms with Crippen LogP contribution in [-0.2, 0) is 11.3 Å².